The van der Waals surface area contributed by atoms with Crippen LogP contribution in [0, 0.1) is 11.8 Å². The fraction of sp³-hybridized carbons (Fsp3) is 0.714. The summed E-state index contributed by atoms with van der Waals surface area (Å²) in [5, 5.41) is 3.57. The van der Waals surface area contributed by atoms with Crippen molar-refractivity contribution in [3.05, 3.63) is 18.6 Å². The molecule has 0 unspecified atom stereocenters. The third-order valence-corrected chi connectivity index (χ3v) is 3.49. The Morgan fingerprint density at radius 1 is 1.39 bits per heavy atom. The highest BCUT2D eigenvalue weighted by Gasteiger charge is 2.19. The second kappa shape index (κ2) is 6.69. The van der Waals surface area contributed by atoms with Gasteiger partial charge < -0.3 is 10.2 Å². The van der Waals surface area contributed by atoms with Crippen LogP contribution in [-0.4, -0.2) is 36.1 Å². The van der Waals surface area contributed by atoms with Crippen molar-refractivity contribution in [3.8, 4) is 0 Å². The molecule has 0 atom stereocenters. The molecule has 1 aliphatic rings. The lowest BCUT2D eigenvalue weighted by molar-refractivity contribution is 0.373. The first-order valence-electron chi connectivity index (χ1n) is 6.97. The fourth-order valence-electron chi connectivity index (χ4n) is 2.41. The van der Waals surface area contributed by atoms with E-state index >= 15 is 0 Å². The molecule has 4 heteroatoms. The molecule has 0 amide bonds. The Labute approximate surface area is 110 Å². The van der Waals surface area contributed by atoms with Gasteiger partial charge in [-0.05, 0) is 43.8 Å². The van der Waals surface area contributed by atoms with Crippen molar-refractivity contribution in [1.82, 2.24) is 15.3 Å². The number of hydrogen-bond acceptors (Lipinski definition) is 4. The first kappa shape index (κ1) is 13.3. The molecule has 4 nitrogen and oxygen atoms in total. The van der Waals surface area contributed by atoms with Crippen LogP contribution < -0.4 is 10.2 Å². The molecule has 100 valence electrons. The maximum absolute atomic E-state index is 4.31. The normalized spacial score (nSPS) is 17.4. The van der Waals surface area contributed by atoms with Crippen LogP contribution in [0.3, 0.4) is 0 Å². The average Bonchev–Trinajstić information content (AvgIpc) is 2.40. The molecule has 2 heterocycles. The van der Waals surface area contributed by atoms with Gasteiger partial charge in [-0.1, -0.05) is 13.8 Å². The highest BCUT2D eigenvalue weighted by molar-refractivity contribution is 5.36. The summed E-state index contributed by atoms with van der Waals surface area (Å²) in [4.78, 5) is 10.6. The number of piperidine rings is 1. The Kier molecular flexibility index (Phi) is 4.93. The van der Waals surface area contributed by atoms with Crippen molar-refractivity contribution in [2.24, 2.45) is 11.8 Å². The average molecular weight is 248 g/mol. The van der Waals surface area contributed by atoms with Crippen LogP contribution in [0.2, 0.25) is 0 Å². The van der Waals surface area contributed by atoms with Gasteiger partial charge in [-0.25, -0.2) is 9.97 Å². The van der Waals surface area contributed by atoms with Gasteiger partial charge in [0.1, 0.15) is 12.1 Å². The van der Waals surface area contributed by atoms with Crippen LogP contribution in [0.15, 0.2) is 18.6 Å². The Balaban J connectivity index is 1.71. The van der Waals surface area contributed by atoms with Gasteiger partial charge in [-0.2, -0.15) is 0 Å². The van der Waals surface area contributed by atoms with E-state index in [1.54, 1.807) is 6.33 Å². The minimum absolute atomic E-state index is 0.742. The Morgan fingerprint density at radius 3 is 2.78 bits per heavy atom. The monoisotopic (exact) mass is 248 g/mol. The van der Waals surface area contributed by atoms with E-state index in [2.05, 4.69) is 34.0 Å². The number of aromatic nitrogens is 2. The minimum Gasteiger partial charge on any atom is -0.357 e. The van der Waals surface area contributed by atoms with E-state index in [0.29, 0.717) is 0 Å². The molecule has 1 aromatic rings. The van der Waals surface area contributed by atoms with E-state index in [0.717, 1.165) is 43.8 Å². The molecule has 0 radical (unpaired) electrons. The van der Waals surface area contributed by atoms with Crippen LogP contribution in [-0.2, 0) is 0 Å². The summed E-state index contributed by atoms with van der Waals surface area (Å²) in [6.07, 6.45) is 5.97. The Hall–Kier alpha value is -1.16. The van der Waals surface area contributed by atoms with E-state index in [1.807, 2.05) is 12.3 Å². The summed E-state index contributed by atoms with van der Waals surface area (Å²) in [5.74, 6) is 2.63. The second-order valence-electron chi connectivity index (χ2n) is 5.55. The fourth-order valence-corrected chi connectivity index (χ4v) is 2.41. The molecule has 0 aromatic carbocycles. The van der Waals surface area contributed by atoms with Gasteiger partial charge in [0.2, 0.25) is 0 Å². The lowest BCUT2D eigenvalue weighted by Crippen LogP contribution is -2.38. The summed E-state index contributed by atoms with van der Waals surface area (Å²) < 4.78 is 0. The molecule has 0 bridgehead atoms. The van der Waals surface area contributed by atoms with Crippen molar-refractivity contribution in [2.45, 2.75) is 26.7 Å². The maximum atomic E-state index is 4.31. The summed E-state index contributed by atoms with van der Waals surface area (Å²) in [6, 6.07) is 2.00. The standard InChI is InChI=1S/C14H24N4/c1-12(2)9-16-10-13-4-7-18(8-5-13)14-3-6-15-11-17-14/h3,6,11-13,16H,4-5,7-10H2,1-2H3. The van der Waals surface area contributed by atoms with Crippen molar-refractivity contribution in [1.29, 1.82) is 0 Å². The molecule has 1 N–H and O–H groups in total. The topological polar surface area (TPSA) is 41.0 Å². The number of nitrogens with zero attached hydrogens (tertiary/aromatic N) is 3. The third kappa shape index (κ3) is 3.95. The molecule has 0 spiro atoms. The molecule has 0 aliphatic carbocycles. The Bertz CT molecular complexity index is 331. The number of nitrogens with one attached hydrogen (secondary N) is 1. The van der Waals surface area contributed by atoms with Gasteiger partial charge >= 0.3 is 0 Å². The van der Waals surface area contributed by atoms with Crippen molar-refractivity contribution < 1.29 is 0 Å². The van der Waals surface area contributed by atoms with Gasteiger partial charge in [-0.15, -0.1) is 0 Å². The van der Waals surface area contributed by atoms with Gasteiger partial charge in [0.25, 0.3) is 0 Å². The van der Waals surface area contributed by atoms with Gasteiger partial charge in [0.05, 0.1) is 0 Å². The zero-order chi connectivity index (χ0) is 12.8. The third-order valence-electron chi connectivity index (χ3n) is 3.49. The van der Waals surface area contributed by atoms with E-state index in [-0.39, 0.29) is 0 Å². The lowest BCUT2D eigenvalue weighted by atomic mass is 9.96. The molecular formula is C14H24N4. The highest BCUT2D eigenvalue weighted by Crippen LogP contribution is 2.20. The van der Waals surface area contributed by atoms with Crippen LogP contribution in [0.4, 0.5) is 5.82 Å². The summed E-state index contributed by atoms with van der Waals surface area (Å²) in [7, 11) is 0. The molecule has 1 fully saturated rings. The van der Waals surface area contributed by atoms with E-state index < -0.39 is 0 Å². The molecule has 0 saturated carbocycles. The molecular weight excluding hydrogens is 224 g/mol. The maximum Gasteiger partial charge on any atom is 0.131 e. The van der Waals surface area contributed by atoms with Crippen LogP contribution >= 0.6 is 0 Å². The van der Waals surface area contributed by atoms with Crippen molar-refractivity contribution in [3.63, 3.8) is 0 Å². The van der Waals surface area contributed by atoms with Crippen LogP contribution in [0.5, 0.6) is 0 Å². The predicted molar refractivity (Wildman–Crippen MR) is 74.7 cm³/mol. The van der Waals surface area contributed by atoms with E-state index in [4.69, 9.17) is 0 Å². The summed E-state index contributed by atoms with van der Waals surface area (Å²) in [6.45, 7) is 9.04. The minimum atomic E-state index is 0.742. The van der Waals surface area contributed by atoms with Crippen LogP contribution in [0.1, 0.15) is 26.7 Å². The highest BCUT2D eigenvalue weighted by atomic mass is 15.2. The zero-order valence-corrected chi connectivity index (χ0v) is 11.5. The van der Waals surface area contributed by atoms with E-state index in [1.165, 1.54) is 12.8 Å². The lowest BCUT2D eigenvalue weighted by Gasteiger charge is -2.32. The molecule has 1 aromatic heterocycles. The van der Waals surface area contributed by atoms with Crippen molar-refractivity contribution >= 4 is 5.82 Å². The van der Waals surface area contributed by atoms with Gasteiger partial charge in [0.15, 0.2) is 0 Å². The second-order valence-corrected chi connectivity index (χ2v) is 5.55. The van der Waals surface area contributed by atoms with Gasteiger partial charge in [0, 0.05) is 19.3 Å². The SMILES string of the molecule is CC(C)CNCC1CCN(c2ccncn2)CC1. The van der Waals surface area contributed by atoms with Gasteiger partial charge in [-0.3, -0.25) is 0 Å². The van der Waals surface area contributed by atoms with E-state index in [9.17, 15) is 0 Å². The number of anilines is 1. The molecule has 2 rings (SSSR count). The number of rotatable bonds is 5. The predicted octanol–water partition coefficient (Wildman–Crippen LogP) is 1.94. The van der Waals surface area contributed by atoms with Crippen LogP contribution in [0.25, 0.3) is 0 Å². The first-order chi connectivity index (χ1) is 8.75. The zero-order valence-electron chi connectivity index (χ0n) is 11.5. The Morgan fingerprint density at radius 2 is 2.17 bits per heavy atom. The largest absolute Gasteiger partial charge is 0.357 e. The smallest absolute Gasteiger partial charge is 0.131 e. The quantitative estimate of drug-likeness (QED) is 0.864. The molecule has 1 aliphatic heterocycles. The first-order valence-corrected chi connectivity index (χ1v) is 6.97. The van der Waals surface area contributed by atoms with Crippen molar-refractivity contribution in [2.75, 3.05) is 31.1 Å². The molecule has 18 heavy (non-hydrogen) atoms. The molecule has 1 saturated heterocycles. The summed E-state index contributed by atoms with van der Waals surface area (Å²) in [5.41, 5.74) is 0. The number of hydrogen-bond donors (Lipinski definition) is 1. The summed E-state index contributed by atoms with van der Waals surface area (Å²) >= 11 is 0.